The van der Waals surface area contributed by atoms with Crippen molar-refractivity contribution in [3.05, 3.63) is 53.4 Å². The van der Waals surface area contributed by atoms with E-state index in [4.69, 9.17) is 14.3 Å². The Morgan fingerprint density at radius 1 is 1.00 bits per heavy atom. The molecule has 0 radical (unpaired) electrons. The van der Waals surface area contributed by atoms with Crippen molar-refractivity contribution in [1.29, 1.82) is 0 Å². The highest BCUT2D eigenvalue weighted by Crippen LogP contribution is 2.32. The number of hydrogen-bond donors (Lipinski definition) is 0. The Hall–Kier alpha value is -1.36. The summed E-state index contributed by atoms with van der Waals surface area (Å²) in [6.45, 7) is 14.9. The van der Waals surface area contributed by atoms with Gasteiger partial charge in [-0.05, 0) is 67.2 Å². The van der Waals surface area contributed by atoms with Crippen LogP contribution < -0.4 is 0 Å². The van der Waals surface area contributed by atoms with Crippen molar-refractivity contribution < 1.29 is 17.9 Å². The van der Waals surface area contributed by atoms with Crippen LogP contribution in [0.1, 0.15) is 51.0 Å². The lowest BCUT2D eigenvalue weighted by Crippen LogP contribution is -2.37. The highest BCUT2D eigenvalue weighted by atomic mass is 28.4. The minimum absolute atomic E-state index is 0.113. The van der Waals surface area contributed by atoms with Crippen molar-refractivity contribution in [3.63, 3.8) is 0 Å². The molecule has 1 aromatic heterocycles. The number of benzene rings is 1. The molecule has 1 aromatic carbocycles. The predicted molar refractivity (Wildman–Crippen MR) is 137 cm³/mol. The average molecular weight is 497 g/mol. The largest absolute Gasteiger partial charge is 0.408 e. The summed E-state index contributed by atoms with van der Waals surface area (Å²) in [7, 11) is -2.96. The van der Waals surface area contributed by atoms with Gasteiger partial charge in [-0.1, -0.05) is 40.4 Å². The maximum absolute atomic E-state index is 13.6. The van der Waals surface area contributed by atoms with Gasteiger partial charge in [0.1, 0.15) is 18.4 Å². The highest BCUT2D eigenvalue weighted by molar-refractivity contribution is 6.76. The number of rotatable bonds is 15. The molecule has 1 heterocycles. The van der Waals surface area contributed by atoms with Gasteiger partial charge in [-0.15, -0.1) is 0 Å². The smallest absolute Gasteiger partial charge is 0.192 e. The minimum atomic E-state index is -1.85. The molecule has 0 aliphatic carbocycles. The summed E-state index contributed by atoms with van der Waals surface area (Å²) >= 11 is 0. The van der Waals surface area contributed by atoms with E-state index in [2.05, 4.69) is 40.4 Å². The molecule has 4 nitrogen and oxygen atoms in total. The Morgan fingerprint density at radius 2 is 1.64 bits per heavy atom. The molecule has 0 spiro atoms. The van der Waals surface area contributed by atoms with Crippen LogP contribution in [0.2, 0.25) is 43.8 Å². The molecule has 1 atom stereocenters. The van der Waals surface area contributed by atoms with Gasteiger partial charge in [0.25, 0.3) is 0 Å². The van der Waals surface area contributed by atoms with Gasteiger partial charge in [-0.25, -0.2) is 13.5 Å². The van der Waals surface area contributed by atoms with E-state index in [0.717, 1.165) is 55.4 Å². The first-order valence-corrected chi connectivity index (χ1v) is 18.6. The Morgan fingerprint density at radius 3 is 2.21 bits per heavy atom. The third-order valence-electron chi connectivity index (χ3n) is 6.39. The molecule has 0 bridgehead atoms. The fraction of sp³-hybridized carbons (Fsp3) is 0.640. The molecule has 0 saturated heterocycles. The molecule has 0 aliphatic heterocycles. The number of nitrogens with zero attached hydrogens (tertiary/aromatic N) is 2. The summed E-state index contributed by atoms with van der Waals surface area (Å²) in [5, 5.41) is 4.77. The van der Waals surface area contributed by atoms with Gasteiger partial charge in [-0.2, -0.15) is 5.10 Å². The van der Waals surface area contributed by atoms with Crippen LogP contribution in [0.3, 0.4) is 0 Å². The summed E-state index contributed by atoms with van der Waals surface area (Å²) in [6.07, 6.45) is 3.98. The van der Waals surface area contributed by atoms with E-state index in [1.807, 2.05) is 16.9 Å². The molecule has 2 rings (SSSR count). The molecule has 8 heteroatoms. The van der Waals surface area contributed by atoms with E-state index in [9.17, 15) is 8.78 Å². The van der Waals surface area contributed by atoms with Crippen molar-refractivity contribution in [3.8, 4) is 0 Å². The first kappa shape index (κ1) is 27.9. The number of aromatic nitrogens is 2. The molecule has 1 unspecified atom stereocenters. The van der Waals surface area contributed by atoms with E-state index >= 15 is 0 Å². The maximum Gasteiger partial charge on any atom is 0.192 e. The van der Waals surface area contributed by atoms with E-state index in [1.165, 1.54) is 12.1 Å². The van der Waals surface area contributed by atoms with Crippen LogP contribution in [0.25, 0.3) is 0 Å². The van der Waals surface area contributed by atoms with E-state index in [0.29, 0.717) is 18.7 Å². The lowest BCUT2D eigenvalue weighted by Gasteiger charge is -2.32. The molecule has 33 heavy (non-hydrogen) atoms. The monoisotopic (exact) mass is 496 g/mol. The zero-order chi connectivity index (χ0) is 24.5. The van der Waals surface area contributed by atoms with Crippen LogP contribution in [0.4, 0.5) is 8.78 Å². The zero-order valence-electron chi connectivity index (χ0n) is 21.3. The van der Waals surface area contributed by atoms with Gasteiger partial charge in [0.2, 0.25) is 0 Å². The second-order valence-electron chi connectivity index (χ2n) is 10.1. The summed E-state index contributed by atoms with van der Waals surface area (Å²) in [6, 6.07) is 10.1. The van der Waals surface area contributed by atoms with Crippen molar-refractivity contribution in [2.75, 3.05) is 6.61 Å². The van der Waals surface area contributed by atoms with Crippen LogP contribution in [-0.4, -0.2) is 32.8 Å². The second kappa shape index (κ2) is 12.9. The molecule has 0 amide bonds. The lowest BCUT2D eigenvalue weighted by atomic mass is 10.0. The highest BCUT2D eigenvalue weighted by Gasteiger charge is 2.33. The van der Waals surface area contributed by atoms with E-state index in [-0.39, 0.29) is 6.10 Å². The molecular weight excluding hydrogens is 454 g/mol. The Balaban J connectivity index is 2.06. The summed E-state index contributed by atoms with van der Waals surface area (Å²) in [4.78, 5) is 0. The van der Waals surface area contributed by atoms with Gasteiger partial charge in [-0.3, -0.25) is 0 Å². The van der Waals surface area contributed by atoms with Crippen LogP contribution in [-0.2, 0) is 22.3 Å². The van der Waals surface area contributed by atoms with Gasteiger partial charge >= 0.3 is 0 Å². The van der Waals surface area contributed by atoms with Crippen molar-refractivity contribution >= 4 is 16.4 Å². The molecule has 0 fully saturated rings. The summed E-state index contributed by atoms with van der Waals surface area (Å²) < 4.78 is 41.6. The second-order valence-corrected chi connectivity index (χ2v) is 20.5. The van der Waals surface area contributed by atoms with Crippen LogP contribution in [0, 0.1) is 11.6 Å². The van der Waals surface area contributed by atoms with Crippen molar-refractivity contribution in [2.45, 2.75) is 96.7 Å². The fourth-order valence-corrected chi connectivity index (χ4v) is 7.57. The van der Waals surface area contributed by atoms with Crippen LogP contribution in [0.15, 0.2) is 30.5 Å². The molecule has 0 saturated carbocycles. The molecule has 186 valence electrons. The van der Waals surface area contributed by atoms with Crippen molar-refractivity contribution in [2.24, 2.45) is 0 Å². The van der Waals surface area contributed by atoms with Gasteiger partial charge in [0.05, 0.1) is 11.8 Å². The van der Waals surface area contributed by atoms with Gasteiger partial charge in [0, 0.05) is 26.9 Å². The maximum atomic E-state index is 13.6. The predicted octanol–water partition coefficient (Wildman–Crippen LogP) is 7.56. The van der Waals surface area contributed by atoms with Gasteiger partial charge < -0.3 is 9.16 Å². The third-order valence-corrected chi connectivity index (χ3v) is 12.7. The molecule has 0 N–H and O–H groups in total. The van der Waals surface area contributed by atoms with Crippen LogP contribution >= 0.6 is 0 Å². The normalized spacial score (nSPS) is 13.5. The number of halogens is 2. The zero-order valence-corrected chi connectivity index (χ0v) is 23.3. The molecule has 2 aromatic rings. The summed E-state index contributed by atoms with van der Waals surface area (Å²) in [5.74, 6) is -1.06. The number of aryl methyl sites for hydroxylation is 1. The van der Waals surface area contributed by atoms with E-state index < -0.39 is 28.0 Å². The Kier molecular flexibility index (Phi) is 10.9. The average Bonchev–Trinajstić information content (AvgIpc) is 3.22. The molecule has 0 aliphatic rings. The topological polar surface area (TPSA) is 36.3 Å². The Labute approximate surface area is 200 Å². The molecular formula is C25H42F2N2O2Si2. The number of hydrogen-bond acceptors (Lipinski definition) is 3. The SMILES string of the molecule is CC[Si](CC)(CC)OC(CCCc1cc(F)cc(F)c1)c1ccn(COCC[Si](C)(C)C)n1. The number of ether oxygens (including phenoxy) is 1. The van der Waals surface area contributed by atoms with Gasteiger partial charge in [0.15, 0.2) is 8.32 Å². The van der Waals surface area contributed by atoms with Crippen molar-refractivity contribution in [1.82, 2.24) is 9.78 Å². The lowest BCUT2D eigenvalue weighted by molar-refractivity contribution is 0.0770. The van der Waals surface area contributed by atoms with E-state index in [1.54, 1.807) is 0 Å². The summed E-state index contributed by atoms with van der Waals surface area (Å²) in [5.41, 5.74) is 1.60. The first-order valence-electron chi connectivity index (χ1n) is 12.3. The quantitative estimate of drug-likeness (QED) is 0.188. The van der Waals surface area contributed by atoms with Crippen LogP contribution in [0.5, 0.6) is 0 Å². The Bertz CT molecular complexity index is 823. The minimum Gasteiger partial charge on any atom is -0.408 e. The third kappa shape index (κ3) is 9.43. The fourth-order valence-electron chi connectivity index (χ4n) is 3.97. The first-order chi connectivity index (χ1) is 15.6. The standard InChI is InChI=1S/C25H42F2N2O2Si2/c1-7-33(8-2,9-3)31-25(12-10-11-21-17-22(26)19-23(27)18-21)24-13-14-29(28-24)20-30-15-16-32(4,5)6/h13-14,17-19,25H,7-12,15-16,20H2,1-6H3.